The molecule has 3 atom stereocenters. The topological polar surface area (TPSA) is 109 Å². The van der Waals surface area contributed by atoms with E-state index in [1.54, 1.807) is 33.0 Å². The van der Waals surface area contributed by atoms with Crippen LogP contribution in [-0.4, -0.2) is 82.5 Å². The minimum Gasteiger partial charge on any atom is -0.476 e. The molecular weight excluding hydrogens is 488 g/mol. The van der Waals surface area contributed by atoms with Crippen LogP contribution in [0.5, 0.6) is 5.75 Å². The molecule has 0 aromatic heterocycles. The van der Waals surface area contributed by atoms with Gasteiger partial charge in [0, 0.05) is 58.2 Å². The number of anilines is 2. The lowest BCUT2D eigenvalue weighted by molar-refractivity contribution is -0.132. The maximum atomic E-state index is 13.9. The van der Waals surface area contributed by atoms with Gasteiger partial charge in [0.25, 0.3) is 5.91 Å². The molecule has 38 heavy (non-hydrogen) atoms. The molecule has 2 fully saturated rings. The molecule has 2 heterocycles. The van der Waals surface area contributed by atoms with Crippen LogP contribution in [0.15, 0.2) is 18.2 Å². The van der Waals surface area contributed by atoms with Gasteiger partial charge in [0.05, 0.1) is 24.1 Å². The van der Waals surface area contributed by atoms with Crippen LogP contribution in [-0.2, 0) is 23.9 Å². The first-order valence-corrected chi connectivity index (χ1v) is 13.6. The summed E-state index contributed by atoms with van der Waals surface area (Å²) in [5.41, 5.74) is 0.453. The number of benzene rings is 1. The molecule has 3 aliphatic rings. The maximum absolute atomic E-state index is 13.9. The molecule has 0 radical (unpaired) electrons. The number of carbonyl (C=O) groups excluding carboxylic acids is 3. The molecule has 1 saturated heterocycles. The summed E-state index contributed by atoms with van der Waals surface area (Å²) in [6.07, 6.45) is 3.04. The van der Waals surface area contributed by atoms with Gasteiger partial charge in [-0.2, -0.15) is 0 Å². The average Bonchev–Trinajstić information content (AvgIpc) is 3.72. The number of amides is 3. The van der Waals surface area contributed by atoms with Crippen molar-refractivity contribution in [2.45, 2.75) is 64.1 Å². The van der Waals surface area contributed by atoms with E-state index in [2.05, 4.69) is 10.6 Å². The van der Waals surface area contributed by atoms with Crippen molar-refractivity contribution in [2.24, 2.45) is 11.8 Å². The summed E-state index contributed by atoms with van der Waals surface area (Å²) in [5.74, 6) is -0.140. The van der Waals surface area contributed by atoms with Crippen LogP contribution in [0.25, 0.3) is 0 Å². The molecule has 210 valence electrons. The molecule has 2 N–H and O–H groups in total. The Bertz CT molecular complexity index is 1030. The van der Waals surface area contributed by atoms with Gasteiger partial charge in [0.2, 0.25) is 11.8 Å². The van der Waals surface area contributed by atoms with Gasteiger partial charge >= 0.3 is 0 Å². The number of fused-ring (bicyclic) bond motifs is 1. The van der Waals surface area contributed by atoms with Gasteiger partial charge in [0.15, 0.2) is 5.60 Å². The third-order valence-corrected chi connectivity index (χ3v) is 7.39. The van der Waals surface area contributed by atoms with Crippen molar-refractivity contribution in [1.29, 1.82) is 0 Å². The van der Waals surface area contributed by atoms with Gasteiger partial charge in [-0.3, -0.25) is 14.4 Å². The predicted octanol–water partition coefficient (Wildman–Crippen LogP) is 2.10. The molecule has 10 nitrogen and oxygen atoms in total. The Hall–Kier alpha value is -2.69. The number of nitrogens with zero attached hydrogens (tertiary/aromatic N) is 2. The Balaban J connectivity index is 1.54. The highest BCUT2D eigenvalue weighted by molar-refractivity contribution is 6.04. The van der Waals surface area contributed by atoms with Crippen molar-refractivity contribution >= 4 is 29.1 Å². The summed E-state index contributed by atoms with van der Waals surface area (Å²) in [6, 6.07) is 5.69. The minimum absolute atomic E-state index is 0.0108. The molecule has 1 aromatic rings. The summed E-state index contributed by atoms with van der Waals surface area (Å²) >= 11 is 0. The second-order valence-corrected chi connectivity index (χ2v) is 11.2. The zero-order valence-electron chi connectivity index (χ0n) is 23.2. The molecule has 1 saturated carbocycles. The Morgan fingerprint density at radius 3 is 2.63 bits per heavy atom. The fourth-order valence-corrected chi connectivity index (χ4v) is 5.32. The zero-order valence-corrected chi connectivity index (χ0v) is 23.2. The number of nitrogens with one attached hydrogen (secondary N) is 2. The van der Waals surface area contributed by atoms with E-state index in [-0.39, 0.29) is 41.6 Å². The first-order chi connectivity index (χ1) is 18.2. The zero-order chi connectivity index (χ0) is 27.4. The molecule has 1 aliphatic carbocycles. The summed E-state index contributed by atoms with van der Waals surface area (Å²) in [5, 5.41) is 6.28. The van der Waals surface area contributed by atoms with Crippen molar-refractivity contribution in [3.8, 4) is 5.75 Å². The fraction of sp³-hybridized carbons (Fsp3) is 0.679. The molecule has 3 amide bonds. The van der Waals surface area contributed by atoms with Crippen LogP contribution in [0.2, 0.25) is 0 Å². The number of rotatable bonds is 11. The van der Waals surface area contributed by atoms with Crippen LogP contribution >= 0.6 is 0 Å². The average molecular weight is 531 g/mol. The van der Waals surface area contributed by atoms with Crippen molar-refractivity contribution in [3.63, 3.8) is 0 Å². The SMILES string of the molecule is COCCCN1C(=O)C(C)(C)Oc2ccc(N(C(=O)[C@H]3CNCC(C(=O)NC(C)COC)C3)C3CC3)cc21. The van der Waals surface area contributed by atoms with E-state index in [1.807, 2.05) is 30.0 Å². The largest absolute Gasteiger partial charge is 0.476 e. The highest BCUT2D eigenvalue weighted by atomic mass is 16.5. The van der Waals surface area contributed by atoms with Gasteiger partial charge in [0.1, 0.15) is 5.75 Å². The summed E-state index contributed by atoms with van der Waals surface area (Å²) in [7, 11) is 3.25. The van der Waals surface area contributed by atoms with Gasteiger partial charge in [-0.15, -0.1) is 0 Å². The number of carbonyl (C=O) groups is 3. The van der Waals surface area contributed by atoms with Crippen molar-refractivity contribution in [1.82, 2.24) is 10.6 Å². The van der Waals surface area contributed by atoms with E-state index < -0.39 is 5.60 Å². The number of hydrogen-bond donors (Lipinski definition) is 2. The molecule has 0 bridgehead atoms. The van der Waals surface area contributed by atoms with Gasteiger partial charge in [-0.25, -0.2) is 0 Å². The standard InChI is InChI=1S/C28H42N4O6/c1-18(17-37-5)30-25(33)19-13-20(16-29-15-19)26(34)32(21-7-8-21)22-9-10-24-23(14-22)31(11-6-12-36-4)27(35)28(2,3)38-24/h9-10,14,18-21,29H,6-8,11-13,15-17H2,1-5H3,(H,30,33)/t18?,19?,20-/m1/s1. The maximum Gasteiger partial charge on any atom is 0.270 e. The minimum atomic E-state index is -0.975. The smallest absolute Gasteiger partial charge is 0.270 e. The van der Waals surface area contributed by atoms with Crippen LogP contribution in [0.4, 0.5) is 11.4 Å². The Morgan fingerprint density at radius 2 is 1.95 bits per heavy atom. The fourth-order valence-electron chi connectivity index (χ4n) is 5.32. The Kier molecular flexibility index (Phi) is 8.95. The number of ether oxygens (including phenoxy) is 3. The first kappa shape index (κ1) is 28.3. The Morgan fingerprint density at radius 1 is 1.21 bits per heavy atom. The summed E-state index contributed by atoms with van der Waals surface area (Å²) < 4.78 is 16.4. The molecule has 1 aromatic carbocycles. The second kappa shape index (κ2) is 12.0. The first-order valence-electron chi connectivity index (χ1n) is 13.6. The van der Waals surface area contributed by atoms with E-state index in [4.69, 9.17) is 14.2 Å². The molecule has 2 aliphatic heterocycles. The predicted molar refractivity (Wildman–Crippen MR) is 144 cm³/mol. The molecule has 10 heteroatoms. The monoisotopic (exact) mass is 530 g/mol. The van der Waals surface area contributed by atoms with Gasteiger partial charge in [-0.1, -0.05) is 0 Å². The molecule has 2 unspecified atom stereocenters. The summed E-state index contributed by atoms with van der Waals surface area (Å²) in [6.45, 7) is 8.00. The third kappa shape index (κ3) is 6.30. The van der Waals surface area contributed by atoms with E-state index in [0.29, 0.717) is 57.1 Å². The highest BCUT2D eigenvalue weighted by Crippen LogP contribution is 2.43. The van der Waals surface area contributed by atoms with Crippen molar-refractivity contribution in [3.05, 3.63) is 18.2 Å². The lowest BCUT2D eigenvalue weighted by Crippen LogP contribution is -2.53. The third-order valence-electron chi connectivity index (χ3n) is 7.39. The van der Waals surface area contributed by atoms with Crippen LogP contribution in [0, 0.1) is 11.8 Å². The normalized spacial score (nSPS) is 23.3. The second-order valence-electron chi connectivity index (χ2n) is 11.2. The molecular formula is C28H42N4O6. The highest BCUT2D eigenvalue weighted by Gasteiger charge is 2.43. The van der Waals surface area contributed by atoms with Gasteiger partial charge in [-0.05, 0) is 64.7 Å². The number of hydrogen-bond acceptors (Lipinski definition) is 7. The number of piperidine rings is 1. The van der Waals surface area contributed by atoms with Crippen LogP contribution in [0.1, 0.15) is 46.5 Å². The van der Waals surface area contributed by atoms with E-state index in [0.717, 1.165) is 18.5 Å². The van der Waals surface area contributed by atoms with Crippen LogP contribution in [0.3, 0.4) is 0 Å². The molecule has 0 spiro atoms. The van der Waals surface area contributed by atoms with Crippen molar-refractivity contribution in [2.75, 3.05) is 56.9 Å². The summed E-state index contributed by atoms with van der Waals surface area (Å²) in [4.78, 5) is 43.6. The lowest BCUT2D eigenvalue weighted by atomic mass is 9.88. The van der Waals surface area contributed by atoms with Gasteiger partial charge < -0.3 is 34.6 Å². The van der Waals surface area contributed by atoms with E-state index in [1.165, 1.54) is 0 Å². The van der Waals surface area contributed by atoms with Crippen LogP contribution < -0.4 is 25.2 Å². The lowest BCUT2D eigenvalue weighted by Gasteiger charge is -2.39. The van der Waals surface area contributed by atoms with E-state index >= 15 is 0 Å². The van der Waals surface area contributed by atoms with E-state index in [9.17, 15) is 14.4 Å². The number of methoxy groups -OCH3 is 2. The Labute approximate surface area is 225 Å². The molecule has 4 rings (SSSR count). The van der Waals surface area contributed by atoms with Crippen molar-refractivity contribution < 1.29 is 28.6 Å². The quantitative estimate of drug-likeness (QED) is 0.422.